The van der Waals surface area contributed by atoms with E-state index in [0.717, 1.165) is 11.1 Å². The van der Waals surface area contributed by atoms with Gasteiger partial charge in [0.25, 0.3) is 0 Å². The summed E-state index contributed by atoms with van der Waals surface area (Å²) in [5, 5.41) is 9.30. The van der Waals surface area contributed by atoms with Crippen molar-refractivity contribution in [2.75, 3.05) is 5.33 Å². The maximum Gasteiger partial charge on any atom is 0.0956 e. The number of allylic oxidation sites excluding steroid dienone is 1. The standard InChI is InChI=1S/C11H10BrN/c1-9-2-4-10(5-3-9)6-11(7-12)8-13/h2-6H,7H2,1H3/b11-6-. The van der Waals surface area contributed by atoms with Crippen molar-refractivity contribution in [1.29, 1.82) is 5.26 Å². The van der Waals surface area contributed by atoms with Crippen molar-refractivity contribution in [2.24, 2.45) is 0 Å². The summed E-state index contributed by atoms with van der Waals surface area (Å²) in [5.74, 6) is 0. The van der Waals surface area contributed by atoms with Gasteiger partial charge in [-0.05, 0) is 18.6 Å². The van der Waals surface area contributed by atoms with Crippen LogP contribution in [0.4, 0.5) is 0 Å². The van der Waals surface area contributed by atoms with Crippen LogP contribution in [0.5, 0.6) is 0 Å². The Bertz CT molecular complexity index is 343. The molecule has 0 bridgehead atoms. The van der Waals surface area contributed by atoms with Crippen LogP contribution in [0.3, 0.4) is 0 Å². The minimum absolute atomic E-state index is 0.609. The van der Waals surface area contributed by atoms with E-state index in [0.29, 0.717) is 5.33 Å². The summed E-state index contributed by atoms with van der Waals surface area (Å²) < 4.78 is 0. The van der Waals surface area contributed by atoms with E-state index in [4.69, 9.17) is 5.26 Å². The van der Waals surface area contributed by atoms with Crippen LogP contribution in [0.2, 0.25) is 0 Å². The molecule has 1 aromatic rings. The lowest BCUT2D eigenvalue weighted by atomic mass is 10.1. The summed E-state index contributed by atoms with van der Waals surface area (Å²) in [6.07, 6.45) is 1.88. The van der Waals surface area contributed by atoms with E-state index in [2.05, 4.69) is 22.0 Å². The largest absolute Gasteiger partial charge is 0.193 e. The van der Waals surface area contributed by atoms with Gasteiger partial charge in [-0.2, -0.15) is 5.26 Å². The molecular formula is C11H10BrN. The first kappa shape index (κ1) is 10.0. The summed E-state index contributed by atoms with van der Waals surface area (Å²) in [6, 6.07) is 10.2. The molecule has 0 spiro atoms. The predicted octanol–water partition coefficient (Wildman–Crippen LogP) is 3.30. The first-order chi connectivity index (χ1) is 6.26. The van der Waals surface area contributed by atoms with Gasteiger partial charge >= 0.3 is 0 Å². The molecular weight excluding hydrogens is 226 g/mol. The number of nitriles is 1. The van der Waals surface area contributed by atoms with Crippen LogP contribution in [0, 0.1) is 18.3 Å². The molecule has 0 radical (unpaired) electrons. The Hall–Kier alpha value is -1.07. The third kappa shape index (κ3) is 3.04. The van der Waals surface area contributed by atoms with E-state index in [-0.39, 0.29) is 0 Å². The second kappa shape index (κ2) is 4.84. The number of nitrogens with zero attached hydrogens (tertiary/aromatic N) is 1. The number of benzene rings is 1. The van der Waals surface area contributed by atoms with E-state index in [1.807, 2.05) is 37.3 Å². The van der Waals surface area contributed by atoms with E-state index < -0.39 is 0 Å². The summed E-state index contributed by atoms with van der Waals surface area (Å²) in [6.45, 7) is 2.04. The van der Waals surface area contributed by atoms with Crippen LogP contribution in [0.1, 0.15) is 11.1 Å². The van der Waals surface area contributed by atoms with Gasteiger partial charge in [0.1, 0.15) is 0 Å². The van der Waals surface area contributed by atoms with Gasteiger partial charge in [0.2, 0.25) is 0 Å². The van der Waals surface area contributed by atoms with Crippen molar-refractivity contribution in [3.8, 4) is 6.07 Å². The number of hydrogen-bond acceptors (Lipinski definition) is 1. The lowest BCUT2D eigenvalue weighted by Gasteiger charge is -1.95. The van der Waals surface area contributed by atoms with Gasteiger partial charge in [-0.25, -0.2) is 0 Å². The van der Waals surface area contributed by atoms with Crippen LogP contribution in [-0.2, 0) is 0 Å². The molecule has 0 N–H and O–H groups in total. The SMILES string of the molecule is Cc1ccc(/C=C(\C#N)CBr)cc1. The van der Waals surface area contributed by atoms with Crippen molar-refractivity contribution in [1.82, 2.24) is 0 Å². The van der Waals surface area contributed by atoms with Gasteiger partial charge < -0.3 is 0 Å². The molecule has 1 nitrogen and oxygen atoms in total. The summed E-state index contributed by atoms with van der Waals surface area (Å²) in [4.78, 5) is 0. The van der Waals surface area contributed by atoms with Crippen molar-refractivity contribution in [3.63, 3.8) is 0 Å². The summed E-state index contributed by atoms with van der Waals surface area (Å²) in [7, 11) is 0. The lowest BCUT2D eigenvalue weighted by Crippen LogP contribution is -1.80. The van der Waals surface area contributed by atoms with Gasteiger partial charge in [0.15, 0.2) is 0 Å². The molecule has 0 heterocycles. The zero-order valence-electron chi connectivity index (χ0n) is 7.42. The minimum atomic E-state index is 0.609. The maximum atomic E-state index is 8.69. The molecule has 0 aromatic heterocycles. The van der Waals surface area contributed by atoms with E-state index in [9.17, 15) is 0 Å². The number of aryl methyl sites for hydroxylation is 1. The molecule has 0 atom stereocenters. The summed E-state index contributed by atoms with van der Waals surface area (Å²) >= 11 is 3.26. The zero-order valence-corrected chi connectivity index (χ0v) is 9.01. The highest BCUT2D eigenvalue weighted by molar-refractivity contribution is 9.09. The average Bonchev–Trinajstić information content (AvgIpc) is 2.17. The van der Waals surface area contributed by atoms with Crippen LogP contribution in [0.15, 0.2) is 29.8 Å². The van der Waals surface area contributed by atoms with Crippen molar-refractivity contribution in [2.45, 2.75) is 6.92 Å². The monoisotopic (exact) mass is 235 g/mol. The fourth-order valence-corrected chi connectivity index (χ4v) is 1.25. The van der Waals surface area contributed by atoms with Gasteiger partial charge in [0.05, 0.1) is 6.07 Å². The first-order valence-corrected chi connectivity index (χ1v) is 5.11. The molecule has 0 aliphatic heterocycles. The van der Waals surface area contributed by atoms with Crippen LogP contribution in [-0.4, -0.2) is 5.33 Å². The topological polar surface area (TPSA) is 23.8 Å². The van der Waals surface area contributed by atoms with Gasteiger partial charge in [0, 0.05) is 10.9 Å². The van der Waals surface area contributed by atoms with Crippen LogP contribution < -0.4 is 0 Å². The lowest BCUT2D eigenvalue weighted by molar-refractivity contribution is 1.45. The smallest absolute Gasteiger partial charge is 0.0956 e. The Morgan fingerprint density at radius 1 is 1.46 bits per heavy atom. The quantitative estimate of drug-likeness (QED) is 0.570. The molecule has 0 aliphatic carbocycles. The Balaban J connectivity index is 2.92. The number of halogens is 1. The van der Waals surface area contributed by atoms with Crippen LogP contribution >= 0.6 is 15.9 Å². The molecule has 0 saturated carbocycles. The Kier molecular flexibility index (Phi) is 3.72. The van der Waals surface area contributed by atoms with E-state index in [1.54, 1.807) is 0 Å². The molecule has 0 amide bonds. The first-order valence-electron chi connectivity index (χ1n) is 3.99. The molecule has 0 aliphatic rings. The third-order valence-electron chi connectivity index (χ3n) is 1.71. The normalized spacial score (nSPS) is 11.0. The molecule has 0 unspecified atom stereocenters. The van der Waals surface area contributed by atoms with E-state index >= 15 is 0 Å². The second-order valence-electron chi connectivity index (χ2n) is 2.83. The number of hydrogen-bond donors (Lipinski definition) is 0. The second-order valence-corrected chi connectivity index (χ2v) is 3.39. The van der Waals surface area contributed by atoms with Crippen LogP contribution in [0.25, 0.3) is 6.08 Å². The highest BCUT2D eigenvalue weighted by Gasteiger charge is 1.93. The highest BCUT2D eigenvalue weighted by Crippen LogP contribution is 2.09. The van der Waals surface area contributed by atoms with Crippen molar-refractivity contribution < 1.29 is 0 Å². The van der Waals surface area contributed by atoms with Crippen molar-refractivity contribution in [3.05, 3.63) is 41.0 Å². The number of alkyl halides is 1. The third-order valence-corrected chi connectivity index (χ3v) is 2.31. The molecule has 66 valence electrons. The molecule has 0 fully saturated rings. The fraction of sp³-hybridized carbons (Fsp3) is 0.182. The summed E-state index contributed by atoms with van der Waals surface area (Å²) in [5.41, 5.74) is 3.04. The van der Waals surface area contributed by atoms with Gasteiger partial charge in [-0.3, -0.25) is 0 Å². The van der Waals surface area contributed by atoms with E-state index in [1.165, 1.54) is 5.56 Å². The zero-order chi connectivity index (χ0) is 9.68. The predicted molar refractivity (Wildman–Crippen MR) is 58.6 cm³/mol. The molecule has 1 rings (SSSR count). The Labute approximate surface area is 86.8 Å². The molecule has 2 heteroatoms. The van der Waals surface area contributed by atoms with Gasteiger partial charge in [-0.1, -0.05) is 45.8 Å². The fourth-order valence-electron chi connectivity index (χ4n) is 0.965. The van der Waals surface area contributed by atoms with Crippen molar-refractivity contribution >= 4 is 22.0 Å². The highest BCUT2D eigenvalue weighted by atomic mass is 79.9. The minimum Gasteiger partial charge on any atom is -0.193 e. The van der Waals surface area contributed by atoms with Gasteiger partial charge in [-0.15, -0.1) is 0 Å². The Morgan fingerprint density at radius 2 is 2.08 bits per heavy atom. The Morgan fingerprint density at radius 3 is 2.54 bits per heavy atom. The molecule has 1 aromatic carbocycles. The number of rotatable bonds is 2. The molecule has 13 heavy (non-hydrogen) atoms. The average molecular weight is 236 g/mol. The molecule has 0 saturated heterocycles. The maximum absolute atomic E-state index is 8.69.